The maximum Gasteiger partial charge on any atom is 2.00 e. The molecular formula is C65H61N3OPt. The largest absolute Gasteiger partial charge is 2.00 e. The number of fused-ring (bicyclic) bond motifs is 3. The van der Waals surface area contributed by atoms with Gasteiger partial charge in [0.2, 0.25) is 0 Å². The fourth-order valence-electron chi connectivity index (χ4n) is 10.2. The number of aryl methyl sites for hydroxylation is 2. The van der Waals surface area contributed by atoms with Crippen molar-refractivity contribution in [3.63, 3.8) is 0 Å². The summed E-state index contributed by atoms with van der Waals surface area (Å²) in [6, 6.07) is 66.6. The van der Waals surface area contributed by atoms with Gasteiger partial charge in [-0.2, -0.15) is 12.1 Å². The van der Waals surface area contributed by atoms with Crippen LogP contribution in [0.4, 0.5) is 17.1 Å². The molecule has 7 aromatic carbocycles. The van der Waals surface area contributed by atoms with Crippen LogP contribution in [0.3, 0.4) is 0 Å². The van der Waals surface area contributed by atoms with Gasteiger partial charge in [-0.05, 0) is 128 Å². The second-order valence-electron chi connectivity index (χ2n) is 21.9. The van der Waals surface area contributed by atoms with Gasteiger partial charge in [0.25, 0.3) is 0 Å². The molecule has 3 heterocycles. The molecular weight excluding hydrogens is 1030 g/mol. The second-order valence-corrected chi connectivity index (χ2v) is 21.9. The number of pyridine rings is 2. The van der Waals surface area contributed by atoms with E-state index in [0.29, 0.717) is 11.5 Å². The van der Waals surface area contributed by atoms with E-state index in [-0.39, 0.29) is 37.3 Å². The molecule has 0 spiro atoms. The molecule has 0 radical (unpaired) electrons. The Morgan fingerprint density at radius 1 is 0.529 bits per heavy atom. The van der Waals surface area contributed by atoms with Gasteiger partial charge in [0.1, 0.15) is 0 Å². The number of aromatic nitrogens is 2. The van der Waals surface area contributed by atoms with E-state index < -0.39 is 5.41 Å². The fraction of sp³-hybridized carbons (Fsp3) is 0.231. The summed E-state index contributed by atoms with van der Waals surface area (Å²) in [6.45, 7) is 24.9. The van der Waals surface area contributed by atoms with Gasteiger partial charge in [-0.3, -0.25) is 9.97 Å². The molecule has 0 bridgehead atoms. The average molecular weight is 1100 g/mol. The van der Waals surface area contributed by atoms with Crippen molar-refractivity contribution in [3.05, 3.63) is 232 Å². The molecule has 0 N–H and O–H groups in total. The first-order valence-electron chi connectivity index (χ1n) is 24.2. The molecule has 1 aliphatic heterocycles. The summed E-state index contributed by atoms with van der Waals surface area (Å²) in [6.07, 6.45) is 1.92. The molecule has 352 valence electrons. The molecule has 0 amide bonds. The summed E-state index contributed by atoms with van der Waals surface area (Å²) in [4.78, 5) is 12.9. The monoisotopic (exact) mass is 1090 g/mol. The van der Waals surface area contributed by atoms with Crippen LogP contribution < -0.4 is 9.64 Å². The van der Waals surface area contributed by atoms with Gasteiger partial charge >= 0.3 is 21.1 Å². The van der Waals surface area contributed by atoms with Crippen molar-refractivity contribution in [2.75, 3.05) is 4.90 Å². The van der Waals surface area contributed by atoms with Gasteiger partial charge in [0.05, 0.1) is 28.0 Å². The smallest absolute Gasteiger partial charge is 0.503 e. The van der Waals surface area contributed by atoms with Crippen molar-refractivity contribution >= 4 is 28.0 Å². The van der Waals surface area contributed by atoms with E-state index in [1.54, 1.807) is 0 Å². The van der Waals surface area contributed by atoms with Gasteiger partial charge in [0, 0.05) is 23.4 Å². The summed E-state index contributed by atoms with van der Waals surface area (Å²) in [7, 11) is 0. The minimum absolute atomic E-state index is 0. The first kappa shape index (κ1) is 48.4. The van der Waals surface area contributed by atoms with Crippen LogP contribution in [-0.2, 0) is 42.7 Å². The number of ether oxygens (including phenoxy) is 1. The second kappa shape index (κ2) is 18.3. The number of hydrogen-bond donors (Lipinski definition) is 0. The van der Waals surface area contributed by atoms with Gasteiger partial charge in [-0.1, -0.05) is 171 Å². The van der Waals surface area contributed by atoms with Crippen molar-refractivity contribution in [1.29, 1.82) is 0 Å². The predicted molar refractivity (Wildman–Crippen MR) is 287 cm³/mol. The van der Waals surface area contributed by atoms with Crippen LogP contribution in [0.1, 0.15) is 113 Å². The molecule has 0 unspecified atom stereocenters. The molecule has 2 aromatic heterocycles. The van der Waals surface area contributed by atoms with Crippen LogP contribution in [0.15, 0.2) is 170 Å². The summed E-state index contributed by atoms with van der Waals surface area (Å²) in [5.41, 5.74) is 17.2. The Balaban J connectivity index is 0.00000608. The first-order chi connectivity index (χ1) is 32.9. The van der Waals surface area contributed by atoms with Crippen molar-refractivity contribution in [1.82, 2.24) is 9.97 Å². The quantitative estimate of drug-likeness (QED) is 0.149. The normalized spacial score (nSPS) is 13.3. The van der Waals surface area contributed by atoms with Crippen molar-refractivity contribution in [2.24, 2.45) is 0 Å². The molecule has 1 aliphatic rings. The number of para-hydroxylation sites is 1. The van der Waals surface area contributed by atoms with Gasteiger partial charge in [-0.15, -0.1) is 29.3 Å². The predicted octanol–water partition coefficient (Wildman–Crippen LogP) is 17.0. The van der Waals surface area contributed by atoms with E-state index in [1.807, 2.05) is 30.5 Å². The van der Waals surface area contributed by atoms with Crippen molar-refractivity contribution < 1.29 is 25.8 Å². The summed E-state index contributed by atoms with van der Waals surface area (Å²) < 4.78 is 7.07. The third-order valence-electron chi connectivity index (χ3n) is 13.9. The van der Waals surface area contributed by atoms with Crippen LogP contribution >= 0.6 is 0 Å². The Bertz CT molecular complexity index is 3300. The number of hydrogen-bond acceptors (Lipinski definition) is 4. The first-order valence-corrected chi connectivity index (χ1v) is 24.2. The SMILES string of the molecule is Cc1cccc(C)c1-c1cc(Oc2[c-]c(C3(c4ccccn4)c4cc(C(C)(C)C)ccc4N(c4ccc(C(C)(C)C)cc4)c4ccc(C(C)(C)C)cc43)ccc2)[c-]c(-c2ccc3ccccc3n2)c1.[Pt+2]. The zero-order chi connectivity index (χ0) is 48.5. The van der Waals surface area contributed by atoms with Crippen LogP contribution in [-0.4, -0.2) is 9.97 Å². The zero-order valence-corrected chi connectivity index (χ0v) is 44.5. The van der Waals surface area contributed by atoms with Gasteiger partial charge < -0.3 is 9.64 Å². The summed E-state index contributed by atoms with van der Waals surface area (Å²) in [5.74, 6) is 1.16. The van der Waals surface area contributed by atoms with Crippen LogP contribution in [0.25, 0.3) is 33.3 Å². The Morgan fingerprint density at radius 3 is 1.74 bits per heavy atom. The number of rotatable bonds is 7. The van der Waals surface area contributed by atoms with E-state index in [2.05, 4.69) is 233 Å². The third-order valence-corrected chi connectivity index (χ3v) is 13.9. The summed E-state index contributed by atoms with van der Waals surface area (Å²) in [5, 5.41) is 1.09. The molecule has 4 nitrogen and oxygen atoms in total. The minimum atomic E-state index is -0.917. The molecule has 0 fully saturated rings. The molecule has 0 saturated heterocycles. The van der Waals surface area contributed by atoms with E-state index >= 15 is 0 Å². The Hall–Kier alpha value is -6.61. The molecule has 9 aromatic rings. The van der Waals surface area contributed by atoms with Gasteiger partial charge in [-0.25, -0.2) is 0 Å². The molecule has 0 atom stereocenters. The number of benzene rings is 7. The fourth-order valence-corrected chi connectivity index (χ4v) is 10.2. The minimum Gasteiger partial charge on any atom is -0.503 e. The third kappa shape index (κ3) is 8.81. The Kier molecular flexibility index (Phi) is 12.6. The maximum atomic E-state index is 7.07. The standard InChI is InChI=1S/C65H61N3O.Pt/c1-42-18-16-19-43(2)61(42)46-36-45(57-32-25-44-20-12-13-23-56(44)67-57)37-53(38-46)69-52-22-17-21-50(39-52)65(60-24-14-15-35-66-60)54-40-48(63(6,7)8)28-33-58(54)68(51-30-26-47(27-31-51)62(3,4)5)59-34-29-49(41-55(59)65)64(9,10)11;/h12-36,38,40-41H,1-11H3;/q-2;+2. The van der Waals surface area contributed by atoms with Crippen LogP contribution in [0, 0.1) is 26.0 Å². The Morgan fingerprint density at radius 2 is 1.13 bits per heavy atom. The van der Waals surface area contributed by atoms with E-state index in [9.17, 15) is 0 Å². The van der Waals surface area contributed by atoms with E-state index in [0.717, 1.165) is 67.2 Å². The van der Waals surface area contributed by atoms with E-state index in [1.165, 1.54) is 33.4 Å². The summed E-state index contributed by atoms with van der Waals surface area (Å²) >= 11 is 0. The number of anilines is 3. The topological polar surface area (TPSA) is 38.2 Å². The average Bonchev–Trinajstić information content (AvgIpc) is 3.32. The molecule has 0 aliphatic carbocycles. The zero-order valence-electron chi connectivity index (χ0n) is 42.2. The Labute approximate surface area is 430 Å². The van der Waals surface area contributed by atoms with E-state index in [4.69, 9.17) is 14.7 Å². The maximum absolute atomic E-state index is 7.07. The van der Waals surface area contributed by atoms with Crippen LogP contribution in [0.2, 0.25) is 0 Å². The van der Waals surface area contributed by atoms with Crippen LogP contribution in [0.5, 0.6) is 11.5 Å². The molecule has 0 saturated carbocycles. The van der Waals surface area contributed by atoms with Gasteiger partial charge in [0.15, 0.2) is 0 Å². The molecule has 70 heavy (non-hydrogen) atoms. The molecule has 10 rings (SSSR count). The van der Waals surface area contributed by atoms with Crippen molar-refractivity contribution in [3.8, 4) is 33.9 Å². The number of nitrogens with zero attached hydrogens (tertiary/aromatic N) is 3. The van der Waals surface area contributed by atoms with Crippen molar-refractivity contribution in [2.45, 2.75) is 97.8 Å². The molecule has 5 heteroatoms.